The Balaban J connectivity index is 2.56. The molecule has 0 radical (unpaired) electrons. The van der Waals surface area contributed by atoms with Gasteiger partial charge in [-0.25, -0.2) is 0 Å². The van der Waals surface area contributed by atoms with Crippen molar-refractivity contribution in [2.75, 3.05) is 0 Å². The normalized spacial score (nSPS) is 36.1. The van der Waals surface area contributed by atoms with Crippen molar-refractivity contribution in [2.24, 2.45) is 28.6 Å². The van der Waals surface area contributed by atoms with Gasteiger partial charge in [0.25, 0.3) is 0 Å². The smallest absolute Gasteiger partial charge is 0.156 e. The highest BCUT2D eigenvalue weighted by Crippen LogP contribution is 2.59. The zero-order chi connectivity index (χ0) is 14.6. The summed E-state index contributed by atoms with van der Waals surface area (Å²) in [6.07, 6.45) is 5.56. The zero-order valence-corrected chi connectivity index (χ0v) is 13.5. The van der Waals surface area contributed by atoms with Crippen LogP contribution >= 0.6 is 0 Å². The molecule has 1 nitrogen and oxygen atoms in total. The summed E-state index contributed by atoms with van der Waals surface area (Å²) in [5, 5.41) is 0. The Kier molecular flexibility index (Phi) is 3.32. The van der Waals surface area contributed by atoms with Gasteiger partial charge in [-0.15, -0.1) is 0 Å². The van der Waals surface area contributed by atoms with Crippen LogP contribution in [0.3, 0.4) is 0 Å². The van der Waals surface area contributed by atoms with E-state index in [0.717, 1.165) is 5.57 Å². The van der Waals surface area contributed by atoms with Crippen molar-refractivity contribution in [3.05, 3.63) is 23.3 Å². The first-order chi connectivity index (χ1) is 8.59. The van der Waals surface area contributed by atoms with E-state index in [0.29, 0.717) is 17.8 Å². The monoisotopic (exact) mass is 260 g/mol. The molecule has 0 saturated heterocycles. The molecule has 0 aromatic heterocycles. The molecular weight excluding hydrogens is 232 g/mol. The van der Waals surface area contributed by atoms with Crippen molar-refractivity contribution in [1.29, 1.82) is 0 Å². The van der Waals surface area contributed by atoms with Crippen LogP contribution in [0.5, 0.6) is 0 Å². The summed E-state index contributed by atoms with van der Waals surface area (Å²) in [7, 11) is 0. The van der Waals surface area contributed by atoms with Crippen molar-refractivity contribution in [1.82, 2.24) is 0 Å². The van der Waals surface area contributed by atoms with E-state index in [4.69, 9.17) is 0 Å². The molecule has 0 bridgehead atoms. The number of carbonyl (C=O) groups is 1. The second kappa shape index (κ2) is 4.33. The maximum Gasteiger partial charge on any atom is 0.156 e. The van der Waals surface area contributed by atoms with Gasteiger partial charge in [-0.2, -0.15) is 0 Å². The Hall–Kier alpha value is -0.850. The van der Waals surface area contributed by atoms with Gasteiger partial charge >= 0.3 is 0 Å². The van der Waals surface area contributed by atoms with Crippen LogP contribution in [0.2, 0.25) is 0 Å². The van der Waals surface area contributed by atoms with Gasteiger partial charge in [-0.05, 0) is 47.5 Å². The molecule has 3 unspecified atom stereocenters. The second-order valence-corrected chi connectivity index (χ2v) is 7.88. The number of ketones is 1. The average Bonchev–Trinajstić information content (AvgIpc) is 2.25. The van der Waals surface area contributed by atoms with E-state index in [9.17, 15) is 4.79 Å². The van der Waals surface area contributed by atoms with Crippen LogP contribution in [0.4, 0.5) is 0 Å². The molecule has 2 rings (SSSR count). The molecule has 106 valence electrons. The topological polar surface area (TPSA) is 17.1 Å². The highest BCUT2D eigenvalue weighted by Gasteiger charge is 2.51. The standard InChI is InChI=1S/C18H28O/c1-11-10-17(4,5)15-9-8-14(13(3)19)12(2)16(15)18(11,6)7/h8-9,11-12,16H,10H2,1-7H3. The highest BCUT2D eigenvalue weighted by molar-refractivity contribution is 5.94. The zero-order valence-electron chi connectivity index (χ0n) is 13.5. The molecule has 2 aliphatic rings. The van der Waals surface area contributed by atoms with Gasteiger partial charge in [0.1, 0.15) is 0 Å². The fourth-order valence-electron chi connectivity index (χ4n) is 4.47. The van der Waals surface area contributed by atoms with E-state index in [1.807, 2.05) is 0 Å². The van der Waals surface area contributed by atoms with Crippen LogP contribution in [0, 0.1) is 28.6 Å². The molecule has 0 aliphatic heterocycles. The summed E-state index contributed by atoms with van der Waals surface area (Å²) in [6.45, 7) is 15.8. The molecule has 1 heteroatoms. The Morgan fingerprint density at radius 3 is 2.26 bits per heavy atom. The lowest BCUT2D eigenvalue weighted by atomic mass is 9.49. The molecule has 0 amide bonds. The number of allylic oxidation sites excluding steroid dienone is 4. The third-order valence-corrected chi connectivity index (χ3v) is 5.84. The largest absolute Gasteiger partial charge is 0.295 e. The van der Waals surface area contributed by atoms with Crippen LogP contribution in [0.15, 0.2) is 23.3 Å². The fourth-order valence-corrected chi connectivity index (χ4v) is 4.47. The maximum absolute atomic E-state index is 11.8. The van der Waals surface area contributed by atoms with Crippen molar-refractivity contribution < 1.29 is 4.79 Å². The first-order valence-corrected chi connectivity index (χ1v) is 7.52. The third kappa shape index (κ3) is 2.11. The highest BCUT2D eigenvalue weighted by atomic mass is 16.1. The average molecular weight is 260 g/mol. The minimum absolute atomic E-state index is 0.231. The van der Waals surface area contributed by atoms with Crippen LogP contribution in [0.1, 0.15) is 54.9 Å². The van der Waals surface area contributed by atoms with Gasteiger partial charge in [0.15, 0.2) is 5.78 Å². The van der Waals surface area contributed by atoms with E-state index < -0.39 is 0 Å². The van der Waals surface area contributed by atoms with Gasteiger partial charge in [-0.3, -0.25) is 4.79 Å². The van der Waals surface area contributed by atoms with Gasteiger partial charge in [0, 0.05) is 0 Å². The number of fused-ring (bicyclic) bond motifs is 1. The Morgan fingerprint density at radius 2 is 1.74 bits per heavy atom. The third-order valence-electron chi connectivity index (χ3n) is 5.84. The minimum Gasteiger partial charge on any atom is -0.295 e. The number of carbonyl (C=O) groups excluding carboxylic acids is 1. The summed E-state index contributed by atoms with van der Waals surface area (Å²) in [5.74, 6) is 1.75. The van der Waals surface area contributed by atoms with E-state index in [1.54, 1.807) is 12.5 Å². The number of Topliss-reactive ketones (excluding diaryl/α,β-unsaturated/α-hetero) is 1. The van der Waals surface area contributed by atoms with Crippen LogP contribution in [0.25, 0.3) is 0 Å². The number of rotatable bonds is 1. The molecule has 19 heavy (non-hydrogen) atoms. The summed E-state index contributed by atoms with van der Waals surface area (Å²) in [5.41, 5.74) is 3.07. The van der Waals surface area contributed by atoms with Crippen molar-refractivity contribution >= 4 is 5.78 Å². The number of hydrogen-bond donors (Lipinski definition) is 0. The summed E-state index contributed by atoms with van der Waals surface area (Å²) < 4.78 is 0. The molecule has 0 aromatic rings. The summed E-state index contributed by atoms with van der Waals surface area (Å²) in [4.78, 5) is 11.8. The molecular formula is C18H28O. The Morgan fingerprint density at radius 1 is 1.16 bits per heavy atom. The van der Waals surface area contributed by atoms with E-state index in [-0.39, 0.29) is 16.6 Å². The molecule has 0 N–H and O–H groups in total. The van der Waals surface area contributed by atoms with Gasteiger partial charge < -0.3 is 0 Å². The van der Waals surface area contributed by atoms with Crippen LogP contribution in [-0.2, 0) is 4.79 Å². The van der Waals surface area contributed by atoms with Crippen molar-refractivity contribution in [3.8, 4) is 0 Å². The van der Waals surface area contributed by atoms with Crippen molar-refractivity contribution in [3.63, 3.8) is 0 Å². The summed E-state index contributed by atoms with van der Waals surface area (Å²) >= 11 is 0. The predicted octanol–water partition coefficient (Wildman–Crippen LogP) is 4.79. The van der Waals surface area contributed by atoms with Gasteiger partial charge in [0.05, 0.1) is 0 Å². The first-order valence-electron chi connectivity index (χ1n) is 7.52. The number of hydrogen-bond acceptors (Lipinski definition) is 1. The lowest BCUT2D eigenvalue weighted by molar-refractivity contribution is -0.114. The molecule has 2 aliphatic carbocycles. The van der Waals surface area contributed by atoms with E-state index in [2.05, 4.69) is 53.7 Å². The van der Waals surface area contributed by atoms with E-state index >= 15 is 0 Å². The molecule has 3 atom stereocenters. The molecule has 0 aromatic carbocycles. The van der Waals surface area contributed by atoms with Crippen LogP contribution < -0.4 is 0 Å². The second-order valence-electron chi connectivity index (χ2n) is 7.88. The van der Waals surface area contributed by atoms with Gasteiger partial charge in [-0.1, -0.05) is 59.3 Å². The van der Waals surface area contributed by atoms with Crippen molar-refractivity contribution in [2.45, 2.75) is 54.9 Å². The molecule has 1 saturated carbocycles. The molecule has 1 fully saturated rings. The lowest BCUT2D eigenvalue weighted by Crippen LogP contribution is -2.47. The Labute approximate surface area is 118 Å². The molecule has 0 spiro atoms. The Bertz CT molecular complexity index is 462. The van der Waals surface area contributed by atoms with Gasteiger partial charge in [0.2, 0.25) is 0 Å². The predicted molar refractivity (Wildman–Crippen MR) is 80.8 cm³/mol. The lowest BCUT2D eigenvalue weighted by Gasteiger charge is -2.55. The summed E-state index contributed by atoms with van der Waals surface area (Å²) in [6, 6.07) is 0. The SMILES string of the molecule is CC(=O)C1=CC=C2C(C1C)C(C)(C)C(C)CC2(C)C. The first kappa shape index (κ1) is 14.6. The molecule has 0 heterocycles. The van der Waals surface area contributed by atoms with E-state index in [1.165, 1.54) is 6.42 Å². The fraction of sp³-hybridized carbons (Fsp3) is 0.722. The maximum atomic E-state index is 11.8. The van der Waals surface area contributed by atoms with Crippen LogP contribution in [-0.4, -0.2) is 5.78 Å². The minimum atomic E-state index is 0.231. The quantitative estimate of drug-likeness (QED) is 0.662.